The maximum Gasteiger partial charge on any atom is 0.0558 e. The summed E-state index contributed by atoms with van der Waals surface area (Å²) in [5.41, 5.74) is 0. The molecule has 0 atom stereocenters. The van der Waals surface area contributed by atoms with Crippen LogP contribution in [-0.2, 0) is 0 Å². The zero-order chi connectivity index (χ0) is 10.5. The van der Waals surface area contributed by atoms with E-state index in [1.165, 1.54) is 38.5 Å². The highest BCUT2D eigenvalue weighted by atomic mass is 16.3. The van der Waals surface area contributed by atoms with E-state index in [0.29, 0.717) is 6.61 Å². The van der Waals surface area contributed by atoms with Gasteiger partial charge in [0.15, 0.2) is 0 Å². The van der Waals surface area contributed by atoms with Crippen LogP contribution >= 0.6 is 0 Å². The molecule has 0 aromatic rings. The van der Waals surface area contributed by atoms with Crippen molar-refractivity contribution in [3.05, 3.63) is 0 Å². The minimum Gasteiger partial charge on any atom is -0.395 e. The van der Waals surface area contributed by atoms with Crippen LogP contribution in [0.15, 0.2) is 0 Å². The molecular weight excluding hydrogens is 188 g/mol. The predicted molar refractivity (Wildman–Crippen MR) is 61.9 cm³/mol. The monoisotopic (exact) mass is 212 g/mol. The van der Waals surface area contributed by atoms with Crippen LogP contribution in [0.2, 0.25) is 0 Å². The fraction of sp³-hybridized carbons (Fsp3) is 1.00. The number of rotatable bonds is 8. The van der Waals surface area contributed by atoms with Gasteiger partial charge in [0.1, 0.15) is 0 Å². The molecule has 0 unspecified atom stereocenters. The smallest absolute Gasteiger partial charge is 0.0558 e. The number of nitrogens with one attached hydrogen (secondary N) is 1. The topological polar surface area (TPSA) is 35.5 Å². The minimum absolute atomic E-state index is 0.312. The van der Waals surface area contributed by atoms with Crippen LogP contribution in [0, 0.1) is 0 Å². The van der Waals surface area contributed by atoms with E-state index in [1.807, 2.05) is 0 Å². The van der Waals surface area contributed by atoms with Crippen LogP contribution in [0.3, 0.4) is 0 Å². The second kappa shape index (κ2) is 5.83. The lowest BCUT2D eigenvalue weighted by molar-refractivity contribution is 0.100. The van der Waals surface area contributed by atoms with Gasteiger partial charge in [-0.25, -0.2) is 0 Å². The van der Waals surface area contributed by atoms with Gasteiger partial charge in [-0.15, -0.1) is 0 Å². The summed E-state index contributed by atoms with van der Waals surface area (Å²) in [5, 5.41) is 12.5. The zero-order valence-corrected chi connectivity index (χ0v) is 9.62. The average Bonchev–Trinajstić information content (AvgIpc) is 2.93. The molecule has 0 bridgehead atoms. The lowest BCUT2D eigenvalue weighted by atomic mass is 9.91. The van der Waals surface area contributed by atoms with Crippen molar-refractivity contribution in [1.82, 2.24) is 10.2 Å². The summed E-state index contributed by atoms with van der Waals surface area (Å²) in [5.74, 6) is 0. The van der Waals surface area contributed by atoms with Crippen molar-refractivity contribution in [3.8, 4) is 0 Å². The molecule has 0 spiro atoms. The van der Waals surface area contributed by atoms with Gasteiger partial charge < -0.3 is 10.4 Å². The van der Waals surface area contributed by atoms with Crippen molar-refractivity contribution >= 4 is 0 Å². The Bertz CT molecular complexity index is 178. The van der Waals surface area contributed by atoms with Crippen LogP contribution in [0.4, 0.5) is 0 Å². The fourth-order valence-electron chi connectivity index (χ4n) is 2.23. The maximum absolute atomic E-state index is 9.00. The van der Waals surface area contributed by atoms with E-state index < -0.39 is 0 Å². The molecule has 2 aliphatic carbocycles. The SMILES string of the molecule is OCCN(CCCNC1CC1)C1CCC1. The van der Waals surface area contributed by atoms with E-state index in [0.717, 1.165) is 31.7 Å². The van der Waals surface area contributed by atoms with E-state index in [1.54, 1.807) is 0 Å². The molecule has 3 heteroatoms. The predicted octanol–water partition coefficient (Wildman–Crippen LogP) is 0.975. The first kappa shape index (κ1) is 11.4. The molecule has 0 heterocycles. The summed E-state index contributed by atoms with van der Waals surface area (Å²) in [4.78, 5) is 2.47. The molecule has 2 N–H and O–H groups in total. The van der Waals surface area contributed by atoms with Gasteiger partial charge in [-0.1, -0.05) is 6.42 Å². The molecule has 0 radical (unpaired) electrons. The Morgan fingerprint density at radius 3 is 2.47 bits per heavy atom. The Morgan fingerprint density at radius 2 is 1.93 bits per heavy atom. The van der Waals surface area contributed by atoms with Crippen LogP contribution in [0.25, 0.3) is 0 Å². The second-order valence-electron chi connectivity index (χ2n) is 4.93. The number of hydrogen-bond acceptors (Lipinski definition) is 3. The van der Waals surface area contributed by atoms with Crippen LogP contribution < -0.4 is 5.32 Å². The molecule has 0 aliphatic heterocycles. The molecule has 15 heavy (non-hydrogen) atoms. The Hall–Kier alpha value is -0.120. The molecule has 2 fully saturated rings. The van der Waals surface area contributed by atoms with Crippen LogP contribution in [0.5, 0.6) is 0 Å². The summed E-state index contributed by atoms with van der Waals surface area (Å²) in [6.07, 6.45) is 8.05. The van der Waals surface area contributed by atoms with Crippen molar-refractivity contribution in [1.29, 1.82) is 0 Å². The summed E-state index contributed by atoms with van der Waals surface area (Å²) in [6.45, 7) is 3.49. The maximum atomic E-state index is 9.00. The molecule has 0 aromatic heterocycles. The van der Waals surface area contributed by atoms with Crippen molar-refractivity contribution in [3.63, 3.8) is 0 Å². The highest BCUT2D eigenvalue weighted by Crippen LogP contribution is 2.24. The van der Waals surface area contributed by atoms with Crippen molar-refractivity contribution in [2.45, 2.75) is 50.6 Å². The van der Waals surface area contributed by atoms with Crippen molar-refractivity contribution < 1.29 is 5.11 Å². The zero-order valence-electron chi connectivity index (χ0n) is 9.62. The molecule has 2 aliphatic rings. The van der Waals surface area contributed by atoms with Crippen LogP contribution in [-0.4, -0.2) is 48.3 Å². The molecule has 88 valence electrons. The summed E-state index contributed by atoms with van der Waals surface area (Å²) in [6, 6.07) is 1.61. The van der Waals surface area contributed by atoms with Gasteiger partial charge in [0, 0.05) is 18.6 Å². The normalized spacial score (nSPS) is 22.0. The first-order valence-electron chi connectivity index (χ1n) is 6.48. The molecule has 0 aromatic carbocycles. The Kier molecular flexibility index (Phi) is 4.42. The number of nitrogens with zero attached hydrogens (tertiary/aromatic N) is 1. The fourth-order valence-corrected chi connectivity index (χ4v) is 2.23. The Labute approximate surface area is 92.8 Å². The summed E-state index contributed by atoms with van der Waals surface area (Å²) in [7, 11) is 0. The molecule has 0 amide bonds. The third-order valence-corrected chi connectivity index (χ3v) is 3.61. The minimum atomic E-state index is 0.312. The third-order valence-electron chi connectivity index (χ3n) is 3.61. The molecule has 0 saturated heterocycles. The van der Waals surface area contributed by atoms with Gasteiger partial charge in [0.25, 0.3) is 0 Å². The van der Waals surface area contributed by atoms with Gasteiger partial charge in [0.2, 0.25) is 0 Å². The van der Waals surface area contributed by atoms with E-state index in [9.17, 15) is 0 Å². The highest BCUT2D eigenvalue weighted by Gasteiger charge is 2.24. The standard InChI is InChI=1S/C12H24N2O/c15-10-9-14(12-3-1-4-12)8-2-7-13-11-5-6-11/h11-13,15H,1-10H2. The quantitative estimate of drug-likeness (QED) is 0.589. The van der Waals surface area contributed by atoms with Gasteiger partial charge in [-0.3, -0.25) is 4.90 Å². The van der Waals surface area contributed by atoms with Gasteiger partial charge >= 0.3 is 0 Å². The van der Waals surface area contributed by atoms with Gasteiger partial charge in [-0.05, 0) is 45.2 Å². The molecule has 2 rings (SSSR count). The number of hydrogen-bond donors (Lipinski definition) is 2. The Balaban J connectivity index is 1.55. The first-order valence-corrected chi connectivity index (χ1v) is 6.48. The first-order chi connectivity index (χ1) is 7.40. The molecule has 3 nitrogen and oxygen atoms in total. The Morgan fingerprint density at radius 1 is 1.13 bits per heavy atom. The highest BCUT2D eigenvalue weighted by molar-refractivity contribution is 4.82. The molecule has 2 saturated carbocycles. The summed E-state index contributed by atoms with van der Waals surface area (Å²) < 4.78 is 0. The third kappa shape index (κ3) is 3.74. The van der Waals surface area contributed by atoms with Gasteiger partial charge in [-0.2, -0.15) is 0 Å². The molecular formula is C12H24N2O. The number of aliphatic hydroxyl groups is 1. The van der Waals surface area contributed by atoms with Crippen LogP contribution in [0.1, 0.15) is 38.5 Å². The largest absolute Gasteiger partial charge is 0.395 e. The van der Waals surface area contributed by atoms with E-state index in [2.05, 4.69) is 10.2 Å². The van der Waals surface area contributed by atoms with E-state index in [4.69, 9.17) is 5.11 Å². The summed E-state index contributed by atoms with van der Waals surface area (Å²) >= 11 is 0. The van der Waals surface area contributed by atoms with Gasteiger partial charge in [0.05, 0.1) is 6.61 Å². The lowest BCUT2D eigenvalue weighted by Gasteiger charge is -2.37. The van der Waals surface area contributed by atoms with Crippen molar-refractivity contribution in [2.75, 3.05) is 26.2 Å². The van der Waals surface area contributed by atoms with E-state index >= 15 is 0 Å². The number of aliphatic hydroxyl groups excluding tert-OH is 1. The lowest BCUT2D eigenvalue weighted by Crippen LogP contribution is -2.43. The van der Waals surface area contributed by atoms with Crippen molar-refractivity contribution in [2.24, 2.45) is 0 Å². The van der Waals surface area contributed by atoms with E-state index in [-0.39, 0.29) is 0 Å². The average molecular weight is 212 g/mol. The second-order valence-corrected chi connectivity index (χ2v) is 4.93.